The second-order valence-electron chi connectivity index (χ2n) is 5.12. The minimum atomic E-state index is -1.07. The summed E-state index contributed by atoms with van der Waals surface area (Å²) in [6, 6.07) is 8.16. The van der Waals surface area contributed by atoms with E-state index in [0.29, 0.717) is 12.2 Å². The number of piperidine rings is 1. The number of carbonyl (C=O) groups excluding carboxylic acids is 1. The van der Waals surface area contributed by atoms with Gasteiger partial charge in [0.05, 0.1) is 12.6 Å². The third-order valence-electron chi connectivity index (χ3n) is 3.68. The average Bonchev–Trinajstić information content (AvgIpc) is 2.52. The molecule has 1 aromatic carbocycles. The van der Waals surface area contributed by atoms with Crippen molar-refractivity contribution in [1.82, 2.24) is 4.90 Å². The fraction of sp³-hybridized carbons (Fsp3) is 0.467. The summed E-state index contributed by atoms with van der Waals surface area (Å²) in [5.74, 6) is -1.07. The first-order chi connectivity index (χ1) is 10.1. The molecule has 2 N–H and O–H groups in total. The maximum Gasteiger partial charge on any atom is 0.325 e. The van der Waals surface area contributed by atoms with E-state index in [-0.39, 0.29) is 18.7 Å². The van der Waals surface area contributed by atoms with Crippen LogP contribution in [0, 0.1) is 0 Å². The number of hydrogen-bond donors (Lipinski definition) is 2. The standard InChI is InChI=1S/C15H20N2O4/c18-11-13-8-4-5-9-16(13)15(21)17(10-14(19)20)12-6-2-1-3-7-12/h1-3,6-7,13,18H,4-5,8-11H2,(H,19,20). The van der Waals surface area contributed by atoms with E-state index in [1.54, 1.807) is 29.2 Å². The number of carboxylic acids is 1. The van der Waals surface area contributed by atoms with Gasteiger partial charge in [0.25, 0.3) is 0 Å². The topological polar surface area (TPSA) is 81.1 Å². The Morgan fingerprint density at radius 3 is 2.57 bits per heavy atom. The molecule has 2 rings (SSSR count). The number of hydrogen-bond acceptors (Lipinski definition) is 3. The number of aliphatic hydroxyl groups is 1. The summed E-state index contributed by atoms with van der Waals surface area (Å²) in [5, 5.41) is 18.5. The lowest BCUT2D eigenvalue weighted by Crippen LogP contribution is -2.52. The van der Waals surface area contributed by atoms with Crippen LogP contribution in [0.25, 0.3) is 0 Å². The first-order valence-electron chi connectivity index (χ1n) is 7.09. The fourth-order valence-corrected chi connectivity index (χ4v) is 2.61. The van der Waals surface area contributed by atoms with Crippen LogP contribution in [0.4, 0.5) is 10.5 Å². The molecule has 1 aliphatic rings. The molecule has 6 nitrogen and oxygen atoms in total. The highest BCUT2D eigenvalue weighted by atomic mass is 16.4. The van der Waals surface area contributed by atoms with Gasteiger partial charge < -0.3 is 15.1 Å². The lowest BCUT2D eigenvalue weighted by molar-refractivity contribution is -0.135. The monoisotopic (exact) mass is 292 g/mol. The van der Waals surface area contributed by atoms with Crippen LogP contribution in [0.15, 0.2) is 30.3 Å². The van der Waals surface area contributed by atoms with Gasteiger partial charge in [0.1, 0.15) is 6.54 Å². The fourth-order valence-electron chi connectivity index (χ4n) is 2.61. The van der Waals surface area contributed by atoms with Crippen LogP contribution in [-0.4, -0.2) is 52.9 Å². The minimum absolute atomic E-state index is 0.0958. The molecule has 1 atom stereocenters. The van der Waals surface area contributed by atoms with Crippen molar-refractivity contribution in [3.05, 3.63) is 30.3 Å². The largest absolute Gasteiger partial charge is 0.480 e. The predicted octanol–water partition coefficient (Wildman–Crippen LogP) is 1.54. The smallest absolute Gasteiger partial charge is 0.325 e. The van der Waals surface area contributed by atoms with E-state index in [0.717, 1.165) is 19.3 Å². The lowest BCUT2D eigenvalue weighted by Gasteiger charge is -2.37. The maximum absolute atomic E-state index is 12.7. The maximum atomic E-state index is 12.7. The molecule has 1 unspecified atom stereocenters. The Bertz CT molecular complexity index is 492. The van der Waals surface area contributed by atoms with Crippen LogP contribution in [0.5, 0.6) is 0 Å². The molecule has 114 valence electrons. The number of nitrogens with zero attached hydrogens (tertiary/aromatic N) is 2. The summed E-state index contributed by atoms with van der Waals surface area (Å²) >= 11 is 0. The van der Waals surface area contributed by atoms with Crippen LogP contribution < -0.4 is 4.90 Å². The Hall–Kier alpha value is -2.08. The Balaban J connectivity index is 2.23. The van der Waals surface area contributed by atoms with Crippen LogP contribution >= 0.6 is 0 Å². The number of urea groups is 1. The van der Waals surface area contributed by atoms with Crippen molar-refractivity contribution in [1.29, 1.82) is 0 Å². The number of rotatable bonds is 4. The van der Waals surface area contributed by atoms with Crippen molar-refractivity contribution in [2.75, 3.05) is 24.6 Å². The molecular weight excluding hydrogens is 272 g/mol. The molecular formula is C15H20N2O4. The van der Waals surface area contributed by atoms with Crippen molar-refractivity contribution in [3.8, 4) is 0 Å². The third-order valence-corrected chi connectivity index (χ3v) is 3.68. The molecule has 0 spiro atoms. The van der Waals surface area contributed by atoms with Crippen LogP contribution in [0.2, 0.25) is 0 Å². The predicted molar refractivity (Wildman–Crippen MR) is 78.3 cm³/mol. The molecule has 1 aromatic rings. The zero-order valence-electron chi connectivity index (χ0n) is 11.8. The quantitative estimate of drug-likeness (QED) is 0.882. The molecule has 1 fully saturated rings. The summed E-state index contributed by atoms with van der Waals surface area (Å²) in [6.07, 6.45) is 2.59. The van der Waals surface area contributed by atoms with E-state index in [9.17, 15) is 14.7 Å². The zero-order chi connectivity index (χ0) is 15.2. The van der Waals surface area contributed by atoms with E-state index in [2.05, 4.69) is 0 Å². The number of likely N-dealkylation sites (tertiary alicyclic amines) is 1. The van der Waals surface area contributed by atoms with Gasteiger partial charge in [0, 0.05) is 12.2 Å². The normalized spacial score (nSPS) is 18.3. The van der Waals surface area contributed by atoms with Gasteiger partial charge in [-0.2, -0.15) is 0 Å². The van der Waals surface area contributed by atoms with Gasteiger partial charge in [-0.25, -0.2) is 4.79 Å². The number of aliphatic carboxylic acids is 1. The highest BCUT2D eigenvalue weighted by Gasteiger charge is 2.31. The van der Waals surface area contributed by atoms with E-state index in [1.807, 2.05) is 6.07 Å². The van der Waals surface area contributed by atoms with E-state index in [1.165, 1.54) is 4.90 Å². The van der Waals surface area contributed by atoms with Gasteiger partial charge in [-0.3, -0.25) is 9.69 Å². The average molecular weight is 292 g/mol. The summed E-state index contributed by atoms with van der Waals surface area (Å²) in [7, 11) is 0. The Kier molecular flexibility index (Phi) is 5.16. The molecule has 1 heterocycles. The molecule has 1 aliphatic heterocycles. The zero-order valence-corrected chi connectivity index (χ0v) is 11.8. The molecule has 0 aliphatic carbocycles. The SMILES string of the molecule is O=C(O)CN(C(=O)N1CCCCC1CO)c1ccccc1. The van der Waals surface area contributed by atoms with E-state index < -0.39 is 12.5 Å². The summed E-state index contributed by atoms with van der Waals surface area (Å²) in [4.78, 5) is 26.6. The van der Waals surface area contributed by atoms with Crippen molar-refractivity contribution in [2.24, 2.45) is 0 Å². The van der Waals surface area contributed by atoms with Gasteiger partial charge in [0.2, 0.25) is 0 Å². The first kappa shape index (κ1) is 15.3. The van der Waals surface area contributed by atoms with Crippen molar-refractivity contribution in [2.45, 2.75) is 25.3 Å². The van der Waals surface area contributed by atoms with Gasteiger partial charge in [-0.05, 0) is 31.4 Å². The first-order valence-corrected chi connectivity index (χ1v) is 7.09. The van der Waals surface area contributed by atoms with E-state index >= 15 is 0 Å². The van der Waals surface area contributed by atoms with Gasteiger partial charge in [-0.1, -0.05) is 18.2 Å². The molecule has 6 heteroatoms. The molecule has 0 bridgehead atoms. The molecule has 1 saturated heterocycles. The molecule has 2 amide bonds. The third kappa shape index (κ3) is 3.72. The number of benzene rings is 1. The number of para-hydroxylation sites is 1. The van der Waals surface area contributed by atoms with Crippen molar-refractivity contribution in [3.63, 3.8) is 0 Å². The summed E-state index contributed by atoms with van der Waals surface area (Å²) < 4.78 is 0. The molecule has 21 heavy (non-hydrogen) atoms. The van der Waals surface area contributed by atoms with Crippen LogP contribution in [0.3, 0.4) is 0 Å². The molecule has 0 aromatic heterocycles. The molecule has 0 radical (unpaired) electrons. The van der Waals surface area contributed by atoms with Gasteiger partial charge >= 0.3 is 12.0 Å². The summed E-state index contributed by atoms with van der Waals surface area (Å²) in [6.45, 7) is 0.0615. The number of anilines is 1. The number of amides is 2. The Morgan fingerprint density at radius 2 is 1.95 bits per heavy atom. The second-order valence-corrected chi connectivity index (χ2v) is 5.12. The highest BCUT2D eigenvalue weighted by Crippen LogP contribution is 2.21. The lowest BCUT2D eigenvalue weighted by atomic mass is 10.0. The number of carboxylic acid groups (broad SMARTS) is 1. The van der Waals surface area contributed by atoms with Crippen molar-refractivity contribution < 1.29 is 19.8 Å². The summed E-state index contributed by atoms with van der Waals surface area (Å²) in [5.41, 5.74) is 0.548. The second kappa shape index (κ2) is 7.08. The van der Waals surface area contributed by atoms with Gasteiger partial charge in [0.15, 0.2) is 0 Å². The van der Waals surface area contributed by atoms with Gasteiger partial charge in [-0.15, -0.1) is 0 Å². The number of carbonyl (C=O) groups is 2. The minimum Gasteiger partial charge on any atom is -0.480 e. The Labute approximate surface area is 123 Å². The number of aliphatic hydroxyl groups excluding tert-OH is 1. The van der Waals surface area contributed by atoms with Crippen molar-refractivity contribution >= 4 is 17.7 Å². The molecule has 0 saturated carbocycles. The highest BCUT2D eigenvalue weighted by molar-refractivity contribution is 5.96. The van der Waals surface area contributed by atoms with Crippen LogP contribution in [-0.2, 0) is 4.79 Å². The van der Waals surface area contributed by atoms with Crippen LogP contribution in [0.1, 0.15) is 19.3 Å². The Morgan fingerprint density at radius 1 is 1.24 bits per heavy atom. The van der Waals surface area contributed by atoms with E-state index in [4.69, 9.17) is 5.11 Å².